The number of nitrogens with zero attached hydrogens (tertiary/aromatic N) is 1. The van der Waals surface area contributed by atoms with Gasteiger partial charge in [-0.3, -0.25) is 9.59 Å². The number of carbonyl (C=O) groups is 2. The van der Waals surface area contributed by atoms with Crippen LogP contribution >= 0.6 is 0 Å². The Morgan fingerprint density at radius 1 is 1.37 bits per heavy atom. The van der Waals surface area contributed by atoms with Crippen LogP contribution in [0, 0.1) is 5.82 Å². The normalized spacial score (nSPS) is 15.9. The van der Waals surface area contributed by atoms with Gasteiger partial charge in [0.05, 0.1) is 5.41 Å². The zero-order chi connectivity index (χ0) is 14.0. The molecule has 1 saturated carbocycles. The van der Waals surface area contributed by atoms with Crippen LogP contribution in [0.5, 0.6) is 0 Å². The van der Waals surface area contributed by atoms with E-state index in [-0.39, 0.29) is 12.5 Å². The molecule has 0 atom stereocenters. The van der Waals surface area contributed by atoms with Gasteiger partial charge in [0.1, 0.15) is 12.4 Å². The summed E-state index contributed by atoms with van der Waals surface area (Å²) in [4.78, 5) is 24.5. The highest BCUT2D eigenvalue weighted by molar-refractivity contribution is 5.93. The van der Waals surface area contributed by atoms with Gasteiger partial charge < -0.3 is 10.0 Å². The van der Waals surface area contributed by atoms with Gasteiger partial charge in [-0.2, -0.15) is 0 Å². The topological polar surface area (TPSA) is 57.6 Å². The van der Waals surface area contributed by atoms with E-state index in [9.17, 15) is 14.0 Å². The van der Waals surface area contributed by atoms with Crippen molar-refractivity contribution in [3.63, 3.8) is 0 Å². The van der Waals surface area contributed by atoms with E-state index < -0.39 is 17.2 Å². The van der Waals surface area contributed by atoms with Gasteiger partial charge in [0, 0.05) is 12.1 Å². The molecule has 102 valence electrons. The molecule has 5 heteroatoms. The number of carboxylic acids is 1. The highest BCUT2D eigenvalue weighted by atomic mass is 19.1. The lowest BCUT2D eigenvalue weighted by Gasteiger charge is -2.25. The highest BCUT2D eigenvalue weighted by Gasteiger charge is 2.54. The molecule has 1 fully saturated rings. The van der Waals surface area contributed by atoms with Gasteiger partial charge in [-0.25, -0.2) is 4.39 Å². The molecule has 1 amide bonds. The Kier molecular flexibility index (Phi) is 3.55. The lowest BCUT2D eigenvalue weighted by atomic mass is 9.93. The molecule has 1 aliphatic carbocycles. The molecular weight excluding hydrogens is 249 g/mol. The van der Waals surface area contributed by atoms with E-state index in [0.717, 1.165) is 0 Å². The van der Waals surface area contributed by atoms with Crippen molar-refractivity contribution in [2.45, 2.75) is 25.2 Å². The number of amides is 1. The fourth-order valence-corrected chi connectivity index (χ4v) is 2.37. The van der Waals surface area contributed by atoms with Crippen LogP contribution in [0.15, 0.2) is 24.3 Å². The number of carbonyl (C=O) groups excluding carboxylic acids is 1. The average Bonchev–Trinajstić information content (AvgIpc) is 3.17. The van der Waals surface area contributed by atoms with E-state index in [2.05, 4.69) is 0 Å². The third-order valence-electron chi connectivity index (χ3n) is 3.54. The Hall–Kier alpha value is -1.91. The Morgan fingerprint density at radius 3 is 2.47 bits per heavy atom. The molecular formula is C14H16FNO3. The van der Waals surface area contributed by atoms with Crippen LogP contribution in [0.4, 0.5) is 4.39 Å². The van der Waals surface area contributed by atoms with Crippen LogP contribution in [0.3, 0.4) is 0 Å². The number of hydrogen-bond donors (Lipinski definition) is 1. The largest absolute Gasteiger partial charge is 0.480 e. The predicted molar refractivity (Wildman–Crippen MR) is 67.2 cm³/mol. The second-order valence-corrected chi connectivity index (χ2v) is 4.78. The van der Waals surface area contributed by atoms with Crippen molar-refractivity contribution in [1.82, 2.24) is 4.90 Å². The number of halogens is 1. The van der Waals surface area contributed by atoms with Gasteiger partial charge in [0.15, 0.2) is 0 Å². The van der Waals surface area contributed by atoms with Crippen LogP contribution in [-0.4, -0.2) is 35.0 Å². The monoisotopic (exact) mass is 265 g/mol. The summed E-state index contributed by atoms with van der Waals surface area (Å²) in [6.07, 6.45) is 1.14. The van der Waals surface area contributed by atoms with Crippen molar-refractivity contribution in [2.24, 2.45) is 0 Å². The van der Waals surface area contributed by atoms with Crippen molar-refractivity contribution in [3.05, 3.63) is 35.6 Å². The summed E-state index contributed by atoms with van der Waals surface area (Å²) in [6, 6.07) is 6.21. The molecule has 0 saturated heterocycles. The fourth-order valence-electron chi connectivity index (χ4n) is 2.37. The summed E-state index contributed by atoms with van der Waals surface area (Å²) in [6.45, 7) is 1.69. The molecule has 0 aromatic heterocycles. The molecule has 0 bridgehead atoms. The predicted octanol–water partition coefficient (Wildman–Crippen LogP) is 1.79. The SMILES string of the molecule is CCN(CC(=O)O)C(=O)C1(c2ccccc2F)CC1. The number of aliphatic carboxylic acids is 1. The van der Waals surface area contributed by atoms with E-state index in [1.165, 1.54) is 11.0 Å². The number of likely N-dealkylation sites (N-methyl/N-ethyl adjacent to an activating group) is 1. The summed E-state index contributed by atoms with van der Waals surface area (Å²) in [7, 11) is 0. The van der Waals surface area contributed by atoms with E-state index in [1.807, 2.05) is 0 Å². The summed E-state index contributed by atoms with van der Waals surface area (Å²) in [5, 5.41) is 8.81. The second-order valence-electron chi connectivity index (χ2n) is 4.78. The summed E-state index contributed by atoms with van der Waals surface area (Å²) in [5.74, 6) is -1.75. The van der Waals surface area contributed by atoms with Crippen LogP contribution in [0.2, 0.25) is 0 Å². The summed E-state index contributed by atoms with van der Waals surface area (Å²) in [5.41, 5.74) is -0.472. The van der Waals surface area contributed by atoms with Crippen LogP contribution in [-0.2, 0) is 15.0 Å². The average molecular weight is 265 g/mol. The molecule has 0 heterocycles. The molecule has 1 aliphatic rings. The summed E-state index contributed by atoms with van der Waals surface area (Å²) < 4.78 is 13.8. The molecule has 4 nitrogen and oxygen atoms in total. The maximum atomic E-state index is 13.8. The molecule has 1 aromatic carbocycles. The minimum absolute atomic E-state index is 0.289. The smallest absolute Gasteiger partial charge is 0.323 e. The Bertz CT molecular complexity index is 511. The van der Waals surface area contributed by atoms with Crippen molar-refractivity contribution in [1.29, 1.82) is 0 Å². The maximum Gasteiger partial charge on any atom is 0.323 e. The first-order chi connectivity index (χ1) is 9.01. The number of benzene rings is 1. The molecule has 0 spiro atoms. The van der Waals surface area contributed by atoms with E-state index in [0.29, 0.717) is 24.9 Å². The maximum absolute atomic E-state index is 13.8. The van der Waals surface area contributed by atoms with Crippen molar-refractivity contribution < 1.29 is 19.1 Å². The van der Waals surface area contributed by atoms with Crippen LogP contribution in [0.25, 0.3) is 0 Å². The van der Waals surface area contributed by atoms with Crippen molar-refractivity contribution >= 4 is 11.9 Å². The lowest BCUT2D eigenvalue weighted by molar-refractivity contribution is -0.145. The minimum Gasteiger partial charge on any atom is -0.480 e. The molecule has 0 aliphatic heterocycles. The lowest BCUT2D eigenvalue weighted by Crippen LogP contribution is -2.42. The zero-order valence-electron chi connectivity index (χ0n) is 10.7. The summed E-state index contributed by atoms with van der Waals surface area (Å²) >= 11 is 0. The van der Waals surface area contributed by atoms with Gasteiger partial charge in [-0.15, -0.1) is 0 Å². The minimum atomic E-state index is -1.06. The standard InChI is InChI=1S/C14H16FNO3/c1-2-16(9-12(17)18)13(19)14(7-8-14)10-5-3-4-6-11(10)15/h3-6H,2,7-9H2,1H3,(H,17,18). The number of carboxylic acid groups (broad SMARTS) is 1. The van der Waals surface area contributed by atoms with Gasteiger partial charge in [-0.1, -0.05) is 18.2 Å². The van der Waals surface area contributed by atoms with E-state index >= 15 is 0 Å². The quantitative estimate of drug-likeness (QED) is 0.883. The third kappa shape index (κ3) is 2.45. The first-order valence-electron chi connectivity index (χ1n) is 6.27. The molecule has 2 rings (SSSR count). The van der Waals surface area contributed by atoms with Crippen molar-refractivity contribution in [3.8, 4) is 0 Å². The Morgan fingerprint density at radius 2 is 2.00 bits per heavy atom. The van der Waals surface area contributed by atoms with Gasteiger partial charge in [-0.05, 0) is 25.8 Å². The molecule has 0 radical (unpaired) electrons. The first-order valence-corrected chi connectivity index (χ1v) is 6.27. The van der Waals surface area contributed by atoms with Crippen molar-refractivity contribution in [2.75, 3.05) is 13.1 Å². The second kappa shape index (κ2) is 4.99. The van der Waals surface area contributed by atoms with Crippen LogP contribution < -0.4 is 0 Å². The van der Waals surface area contributed by atoms with E-state index in [1.54, 1.807) is 25.1 Å². The fraction of sp³-hybridized carbons (Fsp3) is 0.429. The Labute approximate surface area is 110 Å². The van der Waals surface area contributed by atoms with Gasteiger partial charge in [0.2, 0.25) is 5.91 Å². The molecule has 1 N–H and O–H groups in total. The molecule has 19 heavy (non-hydrogen) atoms. The number of hydrogen-bond acceptors (Lipinski definition) is 2. The number of rotatable bonds is 5. The van der Waals surface area contributed by atoms with Crippen LogP contribution in [0.1, 0.15) is 25.3 Å². The first kappa shape index (κ1) is 13.5. The van der Waals surface area contributed by atoms with E-state index in [4.69, 9.17) is 5.11 Å². The Balaban J connectivity index is 2.27. The molecule has 1 aromatic rings. The third-order valence-corrected chi connectivity index (χ3v) is 3.54. The highest BCUT2D eigenvalue weighted by Crippen LogP contribution is 2.50. The van der Waals surface area contributed by atoms with Gasteiger partial charge in [0.25, 0.3) is 0 Å². The molecule has 0 unspecified atom stereocenters. The zero-order valence-corrected chi connectivity index (χ0v) is 10.7. The van der Waals surface area contributed by atoms with Gasteiger partial charge >= 0.3 is 5.97 Å².